The van der Waals surface area contributed by atoms with Crippen LogP contribution < -0.4 is 5.32 Å². The van der Waals surface area contributed by atoms with Crippen molar-refractivity contribution < 1.29 is 14.3 Å². The van der Waals surface area contributed by atoms with Crippen LogP contribution in [0.5, 0.6) is 0 Å². The van der Waals surface area contributed by atoms with Gasteiger partial charge in [0.25, 0.3) is 5.91 Å². The number of hydrogen-bond donors (Lipinski definition) is 2. The molecule has 2 aromatic rings. The monoisotopic (exact) mass is 411 g/mol. The third-order valence-corrected chi connectivity index (χ3v) is 4.77. The zero-order valence-electron chi connectivity index (χ0n) is 18.2. The largest absolute Gasteiger partial charge is 0.394 e. The Morgan fingerprint density at radius 2 is 1.93 bits per heavy atom. The highest BCUT2D eigenvalue weighted by Gasteiger charge is 2.22. The molecule has 0 bridgehead atoms. The normalized spacial score (nSPS) is 12.1. The maximum atomic E-state index is 13.4. The van der Waals surface area contributed by atoms with E-state index in [9.17, 15) is 14.3 Å². The van der Waals surface area contributed by atoms with Gasteiger partial charge in [-0.2, -0.15) is 0 Å². The van der Waals surface area contributed by atoms with Crippen molar-refractivity contribution in [2.24, 2.45) is 0 Å². The zero-order chi connectivity index (χ0) is 22.5. The lowest BCUT2D eigenvalue weighted by molar-refractivity contribution is 0.0869. The molecular formula is C24H30FN3O2. The van der Waals surface area contributed by atoms with Crippen LogP contribution in [-0.2, 0) is 0 Å². The Morgan fingerprint density at radius 3 is 2.47 bits per heavy atom. The van der Waals surface area contributed by atoms with Gasteiger partial charge in [-0.25, -0.2) is 9.37 Å². The fourth-order valence-electron chi connectivity index (χ4n) is 2.75. The summed E-state index contributed by atoms with van der Waals surface area (Å²) in [4.78, 5) is 19.7. The van der Waals surface area contributed by atoms with E-state index < -0.39 is 5.54 Å². The number of amides is 1. The topological polar surface area (TPSA) is 65.5 Å². The molecule has 1 amide bonds. The summed E-state index contributed by atoms with van der Waals surface area (Å²) in [5.41, 5.74) is 2.27. The Morgan fingerprint density at radius 1 is 1.30 bits per heavy atom. The molecule has 160 valence electrons. The van der Waals surface area contributed by atoms with E-state index in [4.69, 9.17) is 4.98 Å². The zero-order valence-corrected chi connectivity index (χ0v) is 18.2. The molecule has 1 heterocycles. The molecule has 0 saturated heterocycles. The molecule has 30 heavy (non-hydrogen) atoms. The Kier molecular flexibility index (Phi) is 7.51. The molecular weight excluding hydrogens is 381 g/mol. The highest BCUT2D eigenvalue weighted by molar-refractivity contribution is 5.96. The molecule has 1 aromatic heterocycles. The lowest BCUT2D eigenvalue weighted by Crippen LogP contribution is -2.46. The van der Waals surface area contributed by atoms with Crippen LogP contribution in [-0.4, -0.2) is 46.1 Å². The van der Waals surface area contributed by atoms with Crippen LogP contribution in [0.1, 0.15) is 43.7 Å². The van der Waals surface area contributed by atoms with Crippen LogP contribution in [0.15, 0.2) is 55.1 Å². The highest BCUT2D eigenvalue weighted by atomic mass is 19.1. The van der Waals surface area contributed by atoms with Gasteiger partial charge in [-0.05, 0) is 70.2 Å². The van der Waals surface area contributed by atoms with Crippen LogP contribution in [0.2, 0.25) is 0 Å². The van der Waals surface area contributed by atoms with E-state index >= 15 is 0 Å². The summed E-state index contributed by atoms with van der Waals surface area (Å²) in [6.45, 7) is 11.2. The second-order valence-electron chi connectivity index (χ2n) is 8.12. The molecule has 0 aliphatic heterocycles. The number of hydrogen-bond acceptors (Lipinski definition) is 4. The van der Waals surface area contributed by atoms with Gasteiger partial charge < -0.3 is 15.3 Å². The van der Waals surface area contributed by atoms with Crippen LogP contribution in [0.4, 0.5) is 4.39 Å². The maximum Gasteiger partial charge on any atom is 0.251 e. The summed E-state index contributed by atoms with van der Waals surface area (Å²) in [7, 11) is 1.95. The number of rotatable bonds is 8. The minimum atomic E-state index is -0.773. The van der Waals surface area contributed by atoms with Crippen molar-refractivity contribution >= 4 is 11.6 Å². The van der Waals surface area contributed by atoms with E-state index in [1.54, 1.807) is 44.2 Å². The molecule has 0 aliphatic carbocycles. The van der Waals surface area contributed by atoms with E-state index in [1.165, 1.54) is 12.1 Å². The average molecular weight is 412 g/mol. The molecule has 1 aromatic carbocycles. The predicted molar refractivity (Wildman–Crippen MR) is 119 cm³/mol. The molecule has 0 spiro atoms. The Hall–Kier alpha value is -2.99. The fraction of sp³-hybridized carbons (Fsp3) is 0.333. The second kappa shape index (κ2) is 9.67. The minimum absolute atomic E-state index is 0.193. The van der Waals surface area contributed by atoms with E-state index in [-0.39, 0.29) is 24.4 Å². The molecule has 0 radical (unpaired) electrons. The quantitative estimate of drug-likeness (QED) is 0.637. The standard InChI is InChI=1S/C24H30FN3O2/c1-7-8-22(28(6)16(2)3)21-14-18(23(30)27-24(4,5)15-29)13-20(26-21)17-9-11-19(25)12-10-17/h7-14,16,29H,1,15H2,2-6H3,(H,27,30)/b22-8-. The number of aliphatic hydroxyl groups is 1. The third kappa shape index (κ3) is 5.76. The summed E-state index contributed by atoms with van der Waals surface area (Å²) in [6.07, 6.45) is 3.52. The SMILES string of the molecule is C=C/C=C(/c1cc(C(=O)NC(C)(C)CO)cc(-c2ccc(F)cc2)n1)N(C)C(C)C. The number of benzene rings is 1. The molecule has 0 atom stereocenters. The van der Waals surface area contributed by atoms with Crippen LogP contribution >= 0.6 is 0 Å². The molecule has 0 unspecified atom stereocenters. The first kappa shape index (κ1) is 23.3. The Bertz CT molecular complexity index is 934. The average Bonchev–Trinajstić information content (AvgIpc) is 2.71. The van der Waals surface area contributed by atoms with Gasteiger partial charge in [0.2, 0.25) is 0 Å². The fourth-order valence-corrected chi connectivity index (χ4v) is 2.75. The lowest BCUT2D eigenvalue weighted by atomic mass is 10.0. The smallest absolute Gasteiger partial charge is 0.251 e. The van der Waals surface area contributed by atoms with Crippen molar-refractivity contribution in [3.8, 4) is 11.3 Å². The minimum Gasteiger partial charge on any atom is -0.394 e. The molecule has 2 rings (SSSR count). The first-order chi connectivity index (χ1) is 14.1. The summed E-state index contributed by atoms with van der Waals surface area (Å²) >= 11 is 0. The first-order valence-electron chi connectivity index (χ1n) is 9.85. The van der Waals surface area contributed by atoms with E-state index in [0.29, 0.717) is 22.5 Å². The van der Waals surface area contributed by atoms with Gasteiger partial charge in [0.15, 0.2) is 0 Å². The number of nitrogens with zero attached hydrogens (tertiary/aromatic N) is 2. The van der Waals surface area contributed by atoms with Crippen LogP contribution in [0.25, 0.3) is 17.0 Å². The van der Waals surface area contributed by atoms with Gasteiger partial charge in [-0.1, -0.05) is 12.7 Å². The number of pyridine rings is 1. The Balaban J connectivity index is 2.65. The number of aromatic nitrogens is 1. The number of halogens is 1. The number of carbonyl (C=O) groups excluding carboxylic acids is 1. The van der Waals surface area contributed by atoms with Crippen molar-refractivity contribution in [2.45, 2.75) is 39.3 Å². The van der Waals surface area contributed by atoms with Crippen LogP contribution in [0.3, 0.4) is 0 Å². The van der Waals surface area contributed by atoms with Gasteiger partial charge in [-0.3, -0.25) is 4.79 Å². The highest BCUT2D eigenvalue weighted by Crippen LogP contribution is 2.26. The molecule has 0 saturated carbocycles. The number of aliphatic hydroxyl groups excluding tert-OH is 1. The van der Waals surface area contributed by atoms with Gasteiger partial charge in [-0.15, -0.1) is 0 Å². The first-order valence-corrected chi connectivity index (χ1v) is 9.85. The van der Waals surface area contributed by atoms with Gasteiger partial charge >= 0.3 is 0 Å². The van der Waals surface area contributed by atoms with Crippen molar-refractivity contribution in [2.75, 3.05) is 13.7 Å². The summed E-state index contributed by atoms with van der Waals surface area (Å²) in [5.74, 6) is -0.671. The number of carbonyl (C=O) groups is 1. The lowest BCUT2D eigenvalue weighted by Gasteiger charge is -2.27. The van der Waals surface area contributed by atoms with Crippen molar-refractivity contribution in [3.63, 3.8) is 0 Å². The predicted octanol–water partition coefficient (Wildman–Crippen LogP) is 4.26. The maximum absolute atomic E-state index is 13.4. The van der Waals surface area contributed by atoms with E-state index in [2.05, 4.69) is 25.7 Å². The van der Waals surface area contributed by atoms with E-state index in [1.807, 2.05) is 18.0 Å². The molecule has 2 N–H and O–H groups in total. The molecule has 5 nitrogen and oxygen atoms in total. The van der Waals surface area contributed by atoms with Gasteiger partial charge in [0, 0.05) is 24.2 Å². The summed E-state index contributed by atoms with van der Waals surface area (Å²) in [6, 6.07) is 9.55. The van der Waals surface area contributed by atoms with Crippen molar-refractivity contribution in [1.29, 1.82) is 0 Å². The summed E-state index contributed by atoms with van der Waals surface area (Å²) in [5, 5.41) is 12.3. The number of allylic oxidation sites excluding steroid dienone is 2. The van der Waals surface area contributed by atoms with Crippen LogP contribution in [0, 0.1) is 5.82 Å². The van der Waals surface area contributed by atoms with Gasteiger partial charge in [0.05, 0.1) is 29.2 Å². The summed E-state index contributed by atoms with van der Waals surface area (Å²) < 4.78 is 13.4. The van der Waals surface area contributed by atoms with Crippen molar-refractivity contribution in [1.82, 2.24) is 15.2 Å². The molecule has 0 fully saturated rings. The molecule has 0 aliphatic rings. The number of nitrogens with one attached hydrogen (secondary N) is 1. The Labute approximate surface area is 178 Å². The second-order valence-corrected chi connectivity index (χ2v) is 8.12. The molecule has 6 heteroatoms. The van der Waals surface area contributed by atoms with Crippen molar-refractivity contribution in [3.05, 3.63) is 72.2 Å². The van der Waals surface area contributed by atoms with Gasteiger partial charge in [0.1, 0.15) is 5.82 Å². The van der Waals surface area contributed by atoms with E-state index in [0.717, 1.165) is 5.70 Å². The third-order valence-electron chi connectivity index (χ3n) is 4.77.